The molecule has 1 rings (SSSR count). The second kappa shape index (κ2) is 5.83. The van der Waals surface area contributed by atoms with E-state index in [1.54, 1.807) is 46.9 Å². The highest BCUT2D eigenvalue weighted by atomic mass is 127. The molecule has 0 fully saturated rings. The third-order valence-corrected chi connectivity index (χ3v) is 3.61. The number of rotatable bonds is 5. The van der Waals surface area contributed by atoms with Gasteiger partial charge in [-0.1, -0.05) is 52.9 Å². The normalized spacial score (nSPS) is 14.1. The van der Waals surface area contributed by atoms with Gasteiger partial charge in [0.05, 0.1) is 5.92 Å². The molecule has 0 aromatic heterocycles. The first-order valence-electron chi connectivity index (χ1n) is 4.66. The molecule has 0 saturated carbocycles. The average molecular weight is 334 g/mol. The summed E-state index contributed by atoms with van der Waals surface area (Å²) >= 11 is 1.66. The van der Waals surface area contributed by atoms with Crippen molar-refractivity contribution in [3.63, 3.8) is 0 Å². The minimum atomic E-state index is -1.09. The van der Waals surface area contributed by atoms with Crippen LogP contribution in [0.1, 0.15) is 5.56 Å². The summed E-state index contributed by atoms with van der Waals surface area (Å²) in [4.78, 5) is 21.7. The van der Waals surface area contributed by atoms with Gasteiger partial charge >= 0.3 is 11.9 Å². The topological polar surface area (TPSA) is 74.6 Å². The van der Waals surface area contributed by atoms with Crippen LogP contribution < -0.4 is 0 Å². The second-order valence-corrected chi connectivity index (χ2v) is 4.72. The summed E-state index contributed by atoms with van der Waals surface area (Å²) in [6, 6.07) is 9.02. The van der Waals surface area contributed by atoms with E-state index in [4.69, 9.17) is 10.2 Å². The number of aliphatic carboxylic acids is 2. The third kappa shape index (κ3) is 3.48. The lowest BCUT2D eigenvalue weighted by molar-refractivity contribution is -0.147. The van der Waals surface area contributed by atoms with Crippen molar-refractivity contribution in [1.82, 2.24) is 0 Å². The quantitative estimate of drug-likeness (QED) is 0.636. The predicted octanol–water partition coefficient (Wildman–Crippen LogP) is 1.82. The lowest BCUT2D eigenvalue weighted by Gasteiger charge is -2.15. The molecule has 0 aliphatic rings. The Morgan fingerprint density at radius 2 is 1.69 bits per heavy atom. The lowest BCUT2D eigenvalue weighted by Crippen LogP contribution is -2.31. The van der Waals surface area contributed by atoms with Gasteiger partial charge < -0.3 is 10.2 Å². The Hall–Kier alpha value is -1.11. The maximum absolute atomic E-state index is 11.0. The van der Waals surface area contributed by atoms with E-state index in [0.717, 1.165) is 5.56 Å². The van der Waals surface area contributed by atoms with Crippen molar-refractivity contribution >= 4 is 34.5 Å². The number of carboxylic acids is 2. The summed E-state index contributed by atoms with van der Waals surface area (Å²) in [5.74, 6) is -3.07. The van der Waals surface area contributed by atoms with E-state index in [1.165, 1.54) is 0 Å². The number of alkyl halides is 1. The Kier molecular flexibility index (Phi) is 4.72. The van der Waals surface area contributed by atoms with Crippen molar-refractivity contribution < 1.29 is 19.8 Å². The first-order valence-corrected chi connectivity index (χ1v) is 5.90. The van der Waals surface area contributed by atoms with E-state index in [1.807, 2.05) is 6.07 Å². The number of hydrogen-bond acceptors (Lipinski definition) is 2. The molecular weight excluding hydrogens is 323 g/mol. The maximum Gasteiger partial charge on any atom is 0.317 e. The average Bonchev–Trinajstić information content (AvgIpc) is 2.26. The Balaban J connectivity index is 2.81. The molecule has 2 atom stereocenters. The third-order valence-electron chi connectivity index (χ3n) is 2.20. The van der Waals surface area contributed by atoms with Crippen molar-refractivity contribution in [2.45, 2.75) is 10.3 Å². The van der Waals surface area contributed by atoms with Crippen LogP contribution in [0, 0.1) is 5.92 Å². The van der Waals surface area contributed by atoms with Gasteiger partial charge in [0.15, 0.2) is 0 Å². The van der Waals surface area contributed by atoms with Gasteiger partial charge in [-0.15, -0.1) is 0 Å². The van der Waals surface area contributed by atoms with Crippen LogP contribution in [0.5, 0.6) is 0 Å². The zero-order valence-corrected chi connectivity index (χ0v) is 10.5. The molecule has 1 aromatic carbocycles. The van der Waals surface area contributed by atoms with Crippen LogP contribution in [0.3, 0.4) is 0 Å². The molecule has 86 valence electrons. The van der Waals surface area contributed by atoms with Crippen molar-refractivity contribution in [1.29, 1.82) is 0 Å². The van der Waals surface area contributed by atoms with Crippen LogP contribution >= 0.6 is 22.6 Å². The van der Waals surface area contributed by atoms with Crippen LogP contribution in [0.25, 0.3) is 0 Å². The monoisotopic (exact) mass is 334 g/mol. The minimum Gasteiger partial charge on any atom is -0.481 e. The van der Waals surface area contributed by atoms with Gasteiger partial charge in [0, 0.05) is 0 Å². The summed E-state index contributed by atoms with van der Waals surface area (Å²) in [6.45, 7) is 0. The van der Waals surface area contributed by atoms with Gasteiger partial charge in [0.2, 0.25) is 0 Å². The summed E-state index contributed by atoms with van der Waals surface area (Å²) < 4.78 is -0.921. The molecule has 0 aliphatic heterocycles. The van der Waals surface area contributed by atoms with E-state index >= 15 is 0 Å². The van der Waals surface area contributed by atoms with Crippen molar-refractivity contribution in [3.8, 4) is 0 Å². The van der Waals surface area contributed by atoms with Crippen molar-refractivity contribution in [2.75, 3.05) is 0 Å². The zero-order valence-electron chi connectivity index (χ0n) is 8.34. The molecule has 2 unspecified atom stereocenters. The maximum atomic E-state index is 11.0. The smallest absolute Gasteiger partial charge is 0.317 e. The van der Waals surface area contributed by atoms with Crippen molar-refractivity contribution in [2.24, 2.45) is 5.92 Å². The SMILES string of the molecule is O=C(O)C(I)C(Cc1ccccc1)C(=O)O. The highest BCUT2D eigenvalue weighted by Crippen LogP contribution is 2.19. The van der Waals surface area contributed by atoms with Crippen LogP contribution in [0.15, 0.2) is 30.3 Å². The zero-order chi connectivity index (χ0) is 12.1. The molecule has 16 heavy (non-hydrogen) atoms. The summed E-state index contributed by atoms with van der Waals surface area (Å²) in [7, 11) is 0. The van der Waals surface area contributed by atoms with Crippen LogP contribution in [-0.4, -0.2) is 26.1 Å². The highest BCUT2D eigenvalue weighted by Gasteiger charge is 2.31. The molecule has 0 heterocycles. The second-order valence-electron chi connectivity index (χ2n) is 3.37. The molecule has 0 amide bonds. The first kappa shape index (κ1) is 13.0. The number of carboxylic acid groups (broad SMARTS) is 2. The highest BCUT2D eigenvalue weighted by molar-refractivity contribution is 14.1. The van der Waals surface area contributed by atoms with Gasteiger partial charge in [0.1, 0.15) is 3.92 Å². The molecule has 0 aliphatic carbocycles. The van der Waals surface area contributed by atoms with Gasteiger partial charge in [0.25, 0.3) is 0 Å². The minimum absolute atomic E-state index is 0.232. The molecule has 0 radical (unpaired) electrons. The van der Waals surface area contributed by atoms with E-state index in [0.29, 0.717) is 0 Å². The summed E-state index contributed by atoms with van der Waals surface area (Å²) in [5.41, 5.74) is 0.831. The summed E-state index contributed by atoms with van der Waals surface area (Å²) in [5, 5.41) is 17.8. The molecule has 0 bridgehead atoms. The van der Waals surface area contributed by atoms with Crippen LogP contribution in [0.2, 0.25) is 0 Å². The fraction of sp³-hybridized carbons (Fsp3) is 0.273. The van der Waals surface area contributed by atoms with Gasteiger partial charge in [-0.3, -0.25) is 9.59 Å². The Bertz CT molecular complexity index is 377. The first-order chi connectivity index (χ1) is 7.52. The number of benzene rings is 1. The number of carbonyl (C=O) groups is 2. The molecular formula is C11H11IO4. The van der Waals surface area contributed by atoms with E-state index in [9.17, 15) is 9.59 Å². The van der Waals surface area contributed by atoms with Crippen LogP contribution in [0.4, 0.5) is 0 Å². The molecule has 0 spiro atoms. The molecule has 4 nitrogen and oxygen atoms in total. The van der Waals surface area contributed by atoms with Gasteiger partial charge in [-0.05, 0) is 12.0 Å². The van der Waals surface area contributed by atoms with E-state index in [2.05, 4.69) is 0 Å². The van der Waals surface area contributed by atoms with Crippen LogP contribution in [-0.2, 0) is 16.0 Å². The Labute approximate surface area is 106 Å². The van der Waals surface area contributed by atoms with Gasteiger partial charge in [-0.25, -0.2) is 0 Å². The lowest BCUT2D eigenvalue weighted by atomic mass is 9.96. The molecule has 0 saturated heterocycles. The van der Waals surface area contributed by atoms with E-state index < -0.39 is 21.8 Å². The molecule has 1 aromatic rings. The molecule has 5 heteroatoms. The Morgan fingerprint density at radius 1 is 1.12 bits per heavy atom. The number of halogens is 1. The number of hydrogen-bond donors (Lipinski definition) is 2. The molecule has 2 N–H and O–H groups in total. The fourth-order valence-electron chi connectivity index (χ4n) is 1.36. The predicted molar refractivity (Wildman–Crippen MR) is 66.7 cm³/mol. The van der Waals surface area contributed by atoms with E-state index in [-0.39, 0.29) is 6.42 Å². The standard InChI is InChI=1S/C11H11IO4/c12-9(11(15)16)8(10(13)14)6-7-4-2-1-3-5-7/h1-5,8-9H,6H2,(H,13,14)(H,15,16). The largest absolute Gasteiger partial charge is 0.481 e. The van der Waals surface area contributed by atoms with Crippen molar-refractivity contribution in [3.05, 3.63) is 35.9 Å². The summed E-state index contributed by atoms with van der Waals surface area (Å²) in [6.07, 6.45) is 0.232. The van der Waals surface area contributed by atoms with Gasteiger partial charge in [-0.2, -0.15) is 0 Å². The Morgan fingerprint density at radius 3 is 2.12 bits per heavy atom. The fourth-order valence-corrected chi connectivity index (χ4v) is 1.92.